The monoisotopic (exact) mass is 407 g/mol. The molecule has 7 heteroatoms. The van der Waals surface area contributed by atoms with E-state index in [9.17, 15) is 0 Å². The van der Waals surface area contributed by atoms with Crippen molar-refractivity contribution in [1.82, 2.24) is 15.6 Å². The van der Waals surface area contributed by atoms with Crippen molar-refractivity contribution in [3.63, 3.8) is 0 Å². The van der Waals surface area contributed by atoms with E-state index in [1.165, 1.54) is 0 Å². The van der Waals surface area contributed by atoms with Crippen LogP contribution in [0.5, 0.6) is 0 Å². The summed E-state index contributed by atoms with van der Waals surface area (Å²) >= 11 is 0. The van der Waals surface area contributed by atoms with E-state index >= 15 is 0 Å². The Morgan fingerprint density at radius 2 is 2.19 bits per heavy atom. The second-order valence-electron chi connectivity index (χ2n) is 4.84. The largest absolute Gasteiger partial charge is 0.383 e. The lowest BCUT2D eigenvalue weighted by Gasteiger charge is -2.17. The molecular weight excluding hydrogens is 381 g/mol. The Bertz CT molecular complexity index is 439. The molecule has 21 heavy (non-hydrogen) atoms. The Labute approximate surface area is 144 Å². The number of pyridine rings is 1. The molecule has 6 nitrogen and oxygen atoms in total. The Kier molecular flexibility index (Phi) is 10.1. The van der Waals surface area contributed by atoms with Crippen LogP contribution in [0.15, 0.2) is 23.3 Å². The molecule has 1 aromatic rings. The van der Waals surface area contributed by atoms with Gasteiger partial charge in [-0.1, -0.05) is 0 Å². The molecule has 0 aromatic carbocycles. The van der Waals surface area contributed by atoms with E-state index in [1.807, 2.05) is 38.2 Å². The minimum absolute atomic E-state index is 0. The Hall–Kier alpha value is -1.09. The van der Waals surface area contributed by atoms with Gasteiger partial charge in [0.1, 0.15) is 5.82 Å². The van der Waals surface area contributed by atoms with Crippen molar-refractivity contribution in [3.8, 4) is 0 Å². The molecule has 0 aliphatic carbocycles. The maximum absolute atomic E-state index is 5.09. The molecule has 0 aliphatic heterocycles. The zero-order valence-corrected chi connectivity index (χ0v) is 15.7. The van der Waals surface area contributed by atoms with Gasteiger partial charge in [-0.2, -0.15) is 0 Å². The summed E-state index contributed by atoms with van der Waals surface area (Å²) < 4.78 is 5.09. The van der Waals surface area contributed by atoms with Crippen LogP contribution in [0, 0.1) is 0 Å². The van der Waals surface area contributed by atoms with Crippen LogP contribution >= 0.6 is 24.0 Å². The van der Waals surface area contributed by atoms with E-state index in [0.717, 1.165) is 17.3 Å². The second-order valence-corrected chi connectivity index (χ2v) is 4.84. The lowest BCUT2D eigenvalue weighted by atomic mass is 10.2. The normalized spacial score (nSPS) is 12.3. The smallest absolute Gasteiger partial charge is 0.191 e. The van der Waals surface area contributed by atoms with E-state index in [4.69, 9.17) is 4.74 Å². The van der Waals surface area contributed by atoms with Crippen molar-refractivity contribution >= 4 is 35.8 Å². The fourth-order valence-electron chi connectivity index (χ4n) is 1.72. The van der Waals surface area contributed by atoms with Gasteiger partial charge in [0.25, 0.3) is 0 Å². The zero-order chi connectivity index (χ0) is 15.0. The van der Waals surface area contributed by atoms with Gasteiger partial charge in [-0.3, -0.25) is 4.99 Å². The van der Waals surface area contributed by atoms with Gasteiger partial charge >= 0.3 is 0 Å². The molecule has 1 rings (SSSR count). The van der Waals surface area contributed by atoms with Crippen molar-refractivity contribution in [2.45, 2.75) is 19.5 Å². The van der Waals surface area contributed by atoms with E-state index in [-0.39, 0.29) is 30.0 Å². The summed E-state index contributed by atoms with van der Waals surface area (Å²) in [4.78, 5) is 10.5. The van der Waals surface area contributed by atoms with Crippen LogP contribution in [0.2, 0.25) is 0 Å². The molecule has 0 saturated carbocycles. The number of nitrogens with zero attached hydrogens (tertiary/aromatic N) is 3. The number of aliphatic imine (C=N–C) groups is 1. The SMILES string of the molecule is CN=C(NCc1ccnc(N(C)C)c1)NC(C)COC.I. The van der Waals surface area contributed by atoms with Crippen LogP contribution in [0.3, 0.4) is 0 Å². The van der Waals surface area contributed by atoms with Gasteiger partial charge in [0.15, 0.2) is 5.96 Å². The summed E-state index contributed by atoms with van der Waals surface area (Å²) in [5.74, 6) is 1.71. The van der Waals surface area contributed by atoms with E-state index in [1.54, 1.807) is 14.2 Å². The minimum Gasteiger partial charge on any atom is -0.383 e. The third-order valence-corrected chi connectivity index (χ3v) is 2.75. The third kappa shape index (κ3) is 7.47. The summed E-state index contributed by atoms with van der Waals surface area (Å²) in [6.07, 6.45) is 1.82. The number of methoxy groups -OCH3 is 1. The number of halogens is 1. The van der Waals surface area contributed by atoms with Crippen LogP contribution < -0.4 is 15.5 Å². The number of guanidine groups is 1. The maximum Gasteiger partial charge on any atom is 0.191 e. The summed E-state index contributed by atoms with van der Waals surface area (Å²) in [7, 11) is 7.40. The molecule has 0 fully saturated rings. The average Bonchev–Trinajstić information content (AvgIpc) is 2.44. The highest BCUT2D eigenvalue weighted by molar-refractivity contribution is 14.0. The molecule has 1 atom stereocenters. The van der Waals surface area contributed by atoms with Crippen LogP contribution in [0.4, 0.5) is 5.82 Å². The Morgan fingerprint density at radius 1 is 1.48 bits per heavy atom. The summed E-state index contributed by atoms with van der Waals surface area (Å²) in [5, 5.41) is 6.54. The van der Waals surface area contributed by atoms with Crippen molar-refractivity contribution < 1.29 is 4.74 Å². The topological polar surface area (TPSA) is 61.8 Å². The van der Waals surface area contributed by atoms with E-state index < -0.39 is 0 Å². The number of ether oxygens (including phenoxy) is 1. The van der Waals surface area contributed by atoms with Gasteiger partial charge in [0.2, 0.25) is 0 Å². The molecule has 0 bridgehead atoms. The van der Waals surface area contributed by atoms with Gasteiger partial charge in [-0.15, -0.1) is 24.0 Å². The van der Waals surface area contributed by atoms with E-state index in [2.05, 4.69) is 26.7 Å². The standard InChI is InChI=1S/C14H25N5O.HI/c1-11(10-20-5)18-14(15-2)17-9-12-6-7-16-13(8-12)19(3)4;/h6-8,11H,9-10H2,1-5H3,(H2,15,17,18);1H. The molecule has 0 spiro atoms. The summed E-state index contributed by atoms with van der Waals surface area (Å²) in [6.45, 7) is 3.39. The van der Waals surface area contributed by atoms with Crippen molar-refractivity contribution in [2.75, 3.05) is 39.8 Å². The predicted octanol–water partition coefficient (Wildman–Crippen LogP) is 1.47. The highest BCUT2D eigenvalue weighted by atomic mass is 127. The third-order valence-electron chi connectivity index (χ3n) is 2.75. The van der Waals surface area contributed by atoms with Gasteiger partial charge in [0.05, 0.1) is 6.61 Å². The first kappa shape index (κ1) is 19.9. The van der Waals surface area contributed by atoms with Crippen molar-refractivity contribution in [1.29, 1.82) is 0 Å². The highest BCUT2D eigenvalue weighted by Gasteiger charge is 2.05. The molecule has 1 aromatic heterocycles. The quantitative estimate of drug-likeness (QED) is 0.425. The highest BCUT2D eigenvalue weighted by Crippen LogP contribution is 2.09. The second kappa shape index (κ2) is 10.6. The lowest BCUT2D eigenvalue weighted by molar-refractivity contribution is 0.179. The van der Waals surface area contributed by atoms with Crippen LogP contribution in [0.1, 0.15) is 12.5 Å². The minimum atomic E-state index is 0. The summed E-state index contributed by atoms with van der Waals surface area (Å²) in [5.41, 5.74) is 1.16. The Morgan fingerprint density at radius 3 is 2.76 bits per heavy atom. The lowest BCUT2D eigenvalue weighted by Crippen LogP contribution is -2.43. The van der Waals surface area contributed by atoms with Crippen LogP contribution in [-0.2, 0) is 11.3 Å². The molecule has 0 aliphatic rings. The number of hydrogen-bond donors (Lipinski definition) is 2. The number of anilines is 1. The molecular formula is C14H26IN5O. The molecule has 2 N–H and O–H groups in total. The molecule has 0 amide bonds. The molecule has 0 radical (unpaired) electrons. The first-order valence-electron chi connectivity index (χ1n) is 6.65. The predicted molar refractivity (Wildman–Crippen MR) is 98.7 cm³/mol. The van der Waals surface area contributed by atoms with Crippen LogP contribution in [0.25, 0.3) is 0 Å². The first-order valence-corrected chi connectivity index (χ1v) is 6.65. The number of nitrogens with one attached hydrogen (secondary N) is 2. The zero-order valence-electron chi connectivity index (χ0n) is 13.4. The van der Waals surface area contributed by atoms with E-state index in [0.29, 0.717) is 13.2 Å². The Balaban J connectivity index is 0.00000400. The maximum atomic E-state index is 5.09. The van der Waals surface area contributed by atoms with Gasteiger partial charge in [-0.25, -0.2) is 4.98 Å². The molecule has 120 valence electrons. The van der Waals surface area contributed by atoms with Gasteiger partial charge < -0.3 is 20.3 Å². The number of rotatable bonds is 6. The van der Waals surface area contributed by atoms with Crippen LogP contribution in [-0.4, -0.2) is 51.8 Å². The van der Waals surface area contributed by atoms with Gasteiger partial charge in [0, 0.05) is 47.0 Å². The number of aromatic nitrogens is 1. The average molecular weight is 407 g/mol. The number of hydrogen-bond acceptors (Lipinski definition) is 4. The summed E-state index contributed by atoms with van der Waals surface area (Å²) in [6, 6.07) is 4.26. The molecule has 1 unspecified atom stereocenters. The molecule has 0 saturated heterocycles. The first-order chi connectivity index (χ1) is 9.56. The van der Waals surface area contributed by atoms with Crippen molar-refractivity contribution in [2.24, 2.45) is 4.99 Å². The fraction of sp³-hybridized carbons (Fsp3) is 0.571. The fourth-order valence-corrected chi connectivity index (χ4v) is 1.72. The molecule has 1 heterocycles. The van der Waals surface area contributed by atoms with Gasteiger partial charge in [-0.05, 0) is 24.6 Å². The van der Waals surface area contributed by atoms with Crippen molar-refractivity contribution in [3.05, 3.63) is 23.9 Å².